The van der Waals surface area contributed by atoms with Crippen LogP contribution in [0, 0.1) is 0 Å². The summed E-state index contributed by atoms with van der Waals surface area (Å²) >= 11 is 22.4. The lowest BCUT2D eigenvalue weighted by molar-refractivity contribution is 1.23. The van der Waals surface area contributed by atoms with Crippen molar-refractivity contribution in [2.75, 3.05) is 4.90 Å². The molecule has 0 aliphatic heterocycles. The number of anilines is 3. The van der Waals surface area contributed by atoms with Crippen molar-refractivity contribution in [3.05, 3.63) is 133 Å². The van der Waals surface area contributed by atoms with Gasteiger partial charge >= 0.3 is 0 Å². The topological polar surface area (TPSA) is 3.24 Å². The summed E-state index contributed by atoms with van der Waals surface area (Å²) in [6, 6.07) is 35.8. The predicted molar refractivity (Wildman–Crippen MR) is 170 cm³/mol. The van der Waals surface area contributed by atoms with Crippen molar-refractivity contribution in [1.82, 2.24) is 0 Å². The number of fused-ring (bicyclic) bond motifs is 5. The summed E-state index contributed by atoms with van der Waals surface area (Å²) in [5.74, 6) is 0. The second-order valence-electron chi connectivity index (χ2n) is 9.45. The van der Waals surface area contributed by atoms with Gasteiger partial charge in [-0.2, -0.15) is 0 Å². The molecule has 0 bridgehead atoms. The van der Waals surface area contributed by atoms with Gasteiger partial charge in [0.2, 0.25) is 0 Å². The summed E-state index contributed by atoms with van der Waals surface area (Å²) in [6.45, 7) is 0. The first-order valence-electron chi connectivity index (χ1n) is 12.3. The summed E-state index contributed by atoms with van der Waals surface area (Å²) in [5.41, 5.74) is 7.41. The molecule has 1 aliphatic carbocycles. The van der Waals surface area contributed by atoms with Crippen molar-refractivity contribution >= 4 is 93.7 Å². The van der Waals surface area contributed by atoms with Gasteiger partial charge in [-0.1, -0.05) is 108 Å². The summed E-state index contributed by atoms with van der Waals surface area (Å²) in [6.07, 6.45) is 0.774. The Morgan fingerprint density at radius 3 is 1.76 bits per heavy atom. The van der Waals surface area contributed by atoms with Crippen LogP contribution in [-0.2, 0) is 6.42 Å². The molecule has 0 atom stereocenters. The third-order valence-corrected chi connectivity index (χ3v) is 9.32. The van der Waals surface area contributed by atoms with Crippen molar-refractivity contribution < 1.29 is 0 Å². The highest BCUT2D eigenvalue weighted by Gasteiger charge is 2.31. The molecular formula is C33H19Br2Cl2N. The van der Waals surface area contributed by atoms with Crippen LogP contribution in [0.3, 0.4) is 0 Å². The number of halogens is 4. The molecule has 0 amide bonds. The van der Waals surface area contributed by atoms with Gasteiger partial charge in [-0.3, -0.25) is 0 Å². The van der Waals surface area contributed by atoms with Gasteiger partial charge < -0.3 is 4.90 Å². The average molecular weight is 660 g/mol. The molecular weight excluding hydrogens is 641 g/mol. The molecule has 6 aromatic carbocycles. The van der Waals surface area contributed by atoms with E-state index in [1.165, 1.54) is 11.1 Å². The highest BCUT2D eigenvalue weighted by molar-refractivity contribution is 9.11. The van der Waals surface area contributed by atoms with Crippen LogP contribution < -0.4 is 4.90 Å². The predicted octanol–water partition coefficient (Wildman–Crippen LogP) is 11.9. The van der Waals surface area contributed by atoms with Gasteiger partial charge in [0.05, 0.1) is 27.1 Å². The molecule has 0 heterocycles. The molecule has 0 spiro atoms. The molecule has 6 aromatic rings. The van der Waals surface area contributed by atoms with Crippen LogP contribution in [-0.4, -0.2) is 0 Å². The van der Waals surface area contributed by atoms with Crippen LogP contribution in [0.2, 0.25) is 10.0 Å². The summed E-state index contributed by atoms with van der Waals surface area (Å²) in [4.78, 5) is 2.23. The largest absolute Gasteiger partial charge is 0.304 e. The minimum Gasteiger partial charge on any atom is -0.304 e. The Balaban J connectivity index is 1.61. The minimum atomic E-state index is 0.602. The lowest BCUT2D eigenvalue weighted by Gasteiger charge is -2.32. The molecule has 0 saturated heterocycles. The van der Waals surface area contributed by atoms with E-state index in [1.54, 1.807) is 0 Å². The zero-order valence-electron chi connectivity index (χ0n) is 20.0. The SMILES string of the molecule is Clc1cc2c(c(Cl)c1N(c1c(Br)ccc3ccccc13)c1c(Br)ccc3ccccc13)Cc1ccccc1-2. The van der Waals surface area contributed by atoms with Crippen LogP contribution in [0.5, 0.6) is 0 Å². The van der Waals surface area contributed by atoms with Crippen LogP contribution in [0.15, 0.2) is 112 Å². The molecule has 0 fully saturated rings. The third kappa shape index (κ3) is 3.71. The molecule has 38 heavy (non-hydrogen) atoms. The second kappa shape index (κ2) is 9.43. The van der Waals surface area contributed by atoms with E-state index in [0.717, 1.165) is 65.1 Å². The van der Waals surface area contributed by atoms with Gasteiger partial charge in [-0.15, -0.1) is 0 Å². The quantitative estimate of drug-likeness (QED) is 0.182. The Morgan fingerprint density at radius 1 is 0.579 bits per heavy atom. The van der Waals surface area contributed by atoms with E-state index in [-0.39, 0.29) is 0 Å². The van der Waals surface area contributed by atoms with E-state index in [9.17, 15) is 0 Å². The van der Waals surface area contributed by atoms with Crippen molar-refractivity contribution in [3.63, 3.8) is 0 Å². The minimum absolute atomic E-state index is 0.602. The van der Waals surface area contributed by atoms with Gasteiger partial charge in [0.1, 0.15) is 0 Å². The highest BCUT2D eigenvalue weighted by Crippen LogP contribution is 2.55. The Labute approximate surface area is 247 Å². The first kappa shape index (κ1) is 24.2. The van der Waals surface area contributed by atoms with Crippen LogP contribution in [0.1, 0.15) is 11.1 Å². The summed E-state index contributed by atoms with van der Waals surface area (Å²) in [5, 5.41) is 5.73. The Bertz CT molecular complexity index is 1830. The molecule has 184 valence electrons. The van der Waals surface area contributed by atoms with Crippen LogP contribution in [0.25, 0.3) is 32.7 Å². The number of nitrogens with zero attached hydrogens (tertiary/aromatic N) is 1. The molecule has 1 nitrogen and oxygen atoms in total. The zero-order valence-corrected chi connectivity index (χ0v) is 24.7. The van der Waals surface area contributed by atoms with Gasteiger partial charge in [0, 0.05) is 26.1 Å². The maximum atomic E-state index is 7.39. The van der Waals surface area contributed by atoms with E-state index >= 15 is 0 Å². The summed E-state index contributed by atoms with van der Waals surface area (Å²) < 4.78 is 1.90. The van der Waals surface area contributed by atoms with Crippen molar-refractivity contribution in [1.29, 1.82) is 0 Å². The summed E-state index contributed by atoms with van der Waals surface area (Å²) in [7, 11) is 0. The maximum absolute atomic E-state index is 7.39. The molecule has 0 N–H and O–H groups in total. The average Bonchev–Trinajstić information content (AvgIpc) is 3.31. The van der Waals surface area contributed by atoms with Gasteiger partial charge in [0.15, 0.2) is 0 Å². The van der Waals surface area contributed by atoms with Gasteiger partial charge in [0.25, 0.3) is 0 Å². The maximum Gasteiger partial charge on any atom is 0.0840 e. The zero-order chi connectivity index (χ0) is 26.0. The molecule has 7 rings (SSSR count). The number of hydrogen-bond donors (Lipinski definition) is 0. The molecule has 5 heteroatoms. The fraction of sp³-hybridized carbons (Fsp3) is 0.0303. The first-order chi connectivity index (χ1) is 18.5. The van der Waals surface area contributed by atoms with Gasteiger partial charge in [-0.05, 0) is 83.1 Å². The third-order valence-electron chi connectivity index (χ3n) is 7.34. The van der Waals surface area contributed by atoms with E-state index in [4.69, 9.17) is 23.2 Å². The number of hydrogen-bond acceptors (Lipinski definition) is 1. The highest BCUT2D eigenvalue weighted by atomic mass is 79.9. The van der Waals surface area contributed by atoms with E-state index in [1.807, 2.05) is 0 Å². The van der Waals surface area contributed by atoms with E-state index < -0.39 is 0 Å². The fourth-order valence-electron chi connectivity index (χ4n) is 5.64. The van der Waals surface area contributed by atoms with E-state index in [0.29, 0.717) is 10.0 Å². The monoisotopic (exact) mass is 657 g/mol. The van der Waals surface area contributed by atoms with Crippen molar-refractivity contribution in [3.8, 4) is 11.1 Å². The normalized spacial score (nSPS) is 12.1. The molecule has 0 aromatic heterocycles. The standard InChI is InChI=1S/C33H19Br2Cl2N/c34-27-15-13-19-7-1-5-11-23(19)31(27)38(32-24-12-6-2-8-20(24)14-16-28(32)35)33-29(36)18-25-22-10-4-3-9-21(22)17-26(25)30(33)37/h1-16,18H,17H2. The van der Waals surface area contributed by atoms with E-state index in [2.05, 4.69) is 140 Å². The second-order valence-corrected chi connectivity index (χ2v) is 11.9. The molecule has 1 aliphatic rings. The molecule has 0 unspecified atom stereocenters. The van der Waals surface area contributed by atoms with Crippen molar-refractivity contribution in [2.24, 2.45) is 0 Å². The molecule has 0 saturated carbocycles. The number of rotatable bonds is 3. The smallest absolute Gasteiger partial charge is 0.0840 e. The van der Waals surface area contributed by atoms with Crippen molar-refractivity contribution in [2.45, 2.75) is 6.42 Å². The Hall–Kier alpha value is -2.82. The molecule has 0 radical (unpaired) electrons. The van der Waals surface area contributed by atoms with Gasteiger partial charge in [-0.25, -0.2) is 0 Å². The Morgan fingerprint density at radius 2 is 1.13 bits per heavy atom. The lowest BCUT2D eigenvalue weighted by atomic mass is 10.0. The fourth-order valence-corrected chi connectivity index (χ4v) is 7.38. The van der Waals surface area contributed by atoms with Crippen LogP contribution >= 0.6 is 55.1 Å². The Kier molecular flexibility index (Phi) is 6.01. The number of benzene rings is 6. The lowest BCUT2D eigenvalue weighted by Crippen LogP contribution is -2.14. The van der Waals surface area contributed by atoms with Crippen LogP contribution in [0.4, 0.5) is 17.1 Å². The first-order valence-corrected chi connectivity index (χ1v) is 14.6.